The van der Waals surface area contributed by atoms with Crippen LogP contribution >= 0.6 is 0 Å². The fraction of sp³-hybridized carbons (Fsp3) is 0.778. The van der Waals surface area contributed by atoms with E-state index in [0.29, 0.717) is 12.8 Å². The van der Waals surface area contributed by atoms with Gasteiger partial charge >= 0.3 is 0 Å². The second-order valence-electron chi connectivity index (χ2n) is 3.39. The molecule has 0 saturated heterocycles. The van der Waals surface area contributed by atoms with E-state index in [9.17, 15) is 13.2 Å². The Hall–Kier alpha value is -1.13. The molecular formula is C9H17N3O3S. The number of nitrogens with two attached hydrogens (primary N) is 1. The third-order valence-electron chi connectivity index (χ3n) is 2.04. The summed E-state index contributed by atoms with van der Waals surface area (Å²) in [5.74, 6) is -0.397. The van der Waals surface area contributed by atoms with Crippen molar-refractivity contribution >= 4 is 15.9 Å². The number of rotatable bonds is 8. The minimum atomic E-state index is -3.55. The molecule has 0 aliphatic rings. The van der Waals surface area contributed by atoms with Crippen LogP contribution in [0.25, 0.3) is 0 Å². The summed E-state index contributed by atoms with van der Waals surface area (Å²) in [6.45, 7) is 1.87. The van der Waals surface area contributed by atoms with Crippen LogP contribution < -0.4 is 10.5 Å². The average Bonchev–Trinajstić information content (AvgIpc) is 2.17. The van der Waals surface area contributed by atoms with Gasteiger partial charge in [-0.25, -0.2) is 13.1 Å². The van der Waals surface area contributed by atoms with E-state index in [-0.39, 0.29) is 19.4 Å². The molecule has 7 heteroatoms. The maximum atomic E-state index is 11.5. The Morgan fingerprint density at radius 1 is 1.50 bits per heavy atom. The summed E-state index contributed by atoms with van der Waals surface area (Å²) >= 11 is 0. The van der Waals surface area contributed by atoms with Crippen LogP contribution in [0.5, 0.6) is 0 Å². The van der Waals surface area contributed by atoms with Crippen molar-refractivity contribution in [1.82, 2.24) is 4.72 Å². The Morgan fingerprint density at radius 2 is 2.12 bits per heavy atom. The highest BCUT2D eigenvalue weighted by Crippen LogP contribution is 2.03. The summed E-state index contributed by atoms with van der Waals surface area (Å²) in [6, 6.07) is 1.73. The molecule has 0 radical (unpaired) electrons. The normalized spacial score (nSPS) is 13.0. The highest BCUT2D eigenvalue weighted by atomic mass is 32.2. The van der Waals surface area contributed by atoms with Crippen molar-refractivity contribution in [3.05, 3.63) is 0 Å². The largest absolute Gasteiger partial charge is 0.370 e. The molecule has 0 fully saturated rings. The number of carbonyl (C=O) groups excluding carboxylic acids is 1. The summed E-state index contributed by atoms with van der Waals surface area (Å²) < 4.78 is 25.3. The zero-order valence-corrected chi connectivity index (χ0v) is 10.1. The molecule has 0 spiro atoms. The second kappa shape index (κ2) is 7.19. The van der Waals surface area contributed by atoms with Gasteiger partial charge in [0, 0.05) is 13.0 Å². The number of unbranched alkanes of at least 4 members (excludes halogenated alkanes) is 1. The van der Waals surface area contributed by atoms with Crippen molar-refractivity contribution in [2.75, 3.05) is 6.54 Å². The fourth-order valence-corrected chi connectivity index (χ4v) is 2.33. The molecule has 1 atom stereocenters. The molecule has 0 aliphatic heterocycles. The van der Waals surface area contributed by atoms with Gasteiger partial charge in [0.2, 0.25) is 15.9 Å². The molecule has 1 amide bonds. The minimum Gasteiger partial charge on any atom is -0.370 e. The van der Waals surface area contributed by atoms with E-state index >= 15 is 0 Å². The van der Waals surface area contributed by atoms with Crippen LogP contribution in [-0.2, 0) is 14.8 Å². The van der Waals surface area contributed by atoms with E-state index in [1.807, 2.05) is 0 Å². The number of primary amides is 1. The van der Waals surface area contributed by atoms with Crippen molar-refractivity contribution in [3.63, 3.8) is 0 Å². The van der Waals surface area contributed by atoms with Gasteiger partial charge in [0.25, 0.3) is 0 Å². The average molecular weight is 247 g/mol. The zero-order valence-electron chi connectivity index (χ0n) is 9.27. The molecule has 0 aliphatic carbocycles. The lowest BCUT2D eigenvalue weighted by Crippen LogP contribution is -2.33. The van der Waals surface area contributed by atoms with Gasteiger partial charge in [-0.15, -0.1) is 0 Å². The molecule has 6 nitrogen and oxygen atoms in total. The Balaban J connectivity index is 3.93. The standard InChI is InChI=1S/C9H17N3O3S/c1-2-8(7-10)16(14,15)12-6-4-3-5-9(11)13/h8,12H,2-6H2,1H3,(H2,11,13). The highest BCUT2D eigenvalue weighted by Gasteiger charge is 2.22. The van der Waals surface area contributed by atoms with Crippen LogP contribution in [0.4, 0.5) is 0 Å². The van der Waals surface area contributed by atoms with E-state index in [4.69, 9.17) is 11.0 Å². The van der Waals surface area contributed by atoms with E-state index in [0.717, 1.165) is 0 Å². The van der Waals surface area contributed by atoms with Crippen LogP contribution in [0.15, 0.2) is 0 Å². The van der Waals surface area contributed by atoms with Crippen molar-refractivity contribution in [2.24, 2.45) is 5.73 Å². The van der Waals surface area contributed by atoms with Gasteiger partial charge in [0.15, 0.2) is 5.25 Å². The van der Waals surface area contributed by atoms with Crippen molar-refractivity contribution in [2.45, 2.75) is 37.9 Å². The number of hydrogen-bond acceptors (Lipinski definition) is 4. The minimum absolute atomic E-state index is 0.230. The maximum absolute atomic E-state index is 11.5. The summed E-state index contributed by atoms with van der Waals surface area (Å²) in [6.07, 6.45) is 1.58. The third kappa shape index (κ3) is 5.68. The molecule has 0 heterocycles. The monoisotopic (exact) mass is 247 g/mol. The number of nitriles is 1. The quantitative estimate of drug-likeness (QED) is 0.581. The molecule has 0 rings (SSSR count). The van der Waals surface area contributed by atoms with Gasteiger partial charge < -0.3 is 5.73 Å². The van der Waals surface area contributed by atoms with Crippen LogP contribution in [-0.4, -0.2) is 26.1 Å². The van der Waals surface area contributed by atoms with E-state index in [1.54, 1.807) is 13.0 Å². The molecule has 3 N–H and O–H groups in total. The molecular weight excluding hydrogens is 230 g/mol. The second-order valence-corrected chi connectivity index (χ2v) is 5.34. The number of amides is 1. The highest BCUT2D eigenvalue weighted by molar-refractivity contribution is 7.90. The van der Waals surface area contributed by atoms with Crippen molar-refractivity contribution < 1.29 is 13.2 Å². The van der Waals surface area contributed by atoms with Crippen molar-refractivity contribution in [3.8, 4) is 6.07 Å². The molecule has 1 unspecified atom stereocenters. The van der Waals surface area contributed by atoms with Crippen molar-refractivity contribution in [1.29, 1.82) is 5.26 Å². The predicted molar refractivity (Wildman–Crippen MR) is 59.7 cm³/mol. The number of carbonyl (C=O) groups is 1. The number of nitrogens with zero attached hydrogens (tertiary/aromatic N) is 1. The van der Waals surface area contributed by atoms with Gasteiger partial charge in [-0.3, -0.25) is 4.79 Å². The fourth-order valence-electron chi connectivity index (χ4n) is 1.12. The van der Waals surface area contributed by atoms with Gasteiger partial charge in [-0.2, -0.15) is 5.26 Å². The number of hydrogen-bond donors (Lipinski definition) is 2. The van der Waals surface area contributed by atoms with E-state index in [2.05, 4.69) is 4.72 Å². The molecule has 0 saturated carbocycles. The molecule has 0 aromatic heterocycles. The van der Waals surface area contributed by atoms with E-state index in [1.165, 1.54) is 0 Å². The lowest BCUT2D eigenvalue weighted by molar-refractivity contribution is -0.118. The first kappa shape index (κ1) is 14.9. The summed E-state index contributed by atoms with van der Waals surface area (Å²) in [7, 11) is -3.55. The van der Waals surface area contributed by atoms with Gasteiger partial charge in [-0.05, 0) is 19.3 Å². The maximum Gasteiger partial charge on any atom is 0.227 e. The lowest BCUT2D eigenvalue weighted by Gasteiger charge is -2.09. The Labute approximate surface area is 95.9 Å². The van der Waals surface area contributed by atoms with Gasteiger partial charge in [-0.1, -0.05) is 6.92 Å². The summed E-state index contributed by atoms with van der Waals surface area (Å²) in [5, 5.41) is 7.60. The molecule has 0 bridgehead atoms. The molecule has 92 valence electrons. The Kier molecular flexibility index (Phi) is 6.69. The number of nitrogens with one attached hydrogen (secondary N) is 1. The predicted octanol–water partition coefficient (Wildman–Crippen LogP) is -0.136. The van der Waals surface area contributed by atoms with Crippen LogP contribution in [0, 0.1) is 11.3 Å². The lowest BCUT2D eigenvalue weighted by atomic mass is 10.2. The first-order valence-corrected chi connectivity index (χ1v) is 6.65. The Morgan fingerprint density at radius 3 is 2.56 bits per heavy atom. The van der Waals surface area contributed by atoms with Gasteiger partial charge in [0.05, 0.1) is 6.07 Å². The zero-order chi connectivity index (χ0) is 12.6. The number of sulfonamides is 1. The van der Waals surface area contributed by atoms with Crippen LogP contribution in [0.3, 0.4) is 0 Å². The topological polar surface area (TPSA) is 113 Å². The van der Waals surface area contributed by atoms with Gasteiger partial charge in [0.1, 0.15) is 0 Å². The molecule has 16 heavy (non-hydrogen) atoms. The third-order valence-corrected chi connectivity index (χ3v) is 3.84. The molecule has 0 aromatic carbocycles. The van der Waals surface area contributed by atoms with E-state index < -0.39 is 21.2 Å². The first-order chi connectivity index (χ1) is 7.44. The summed E-state index contributed by atoms with van der Waals surface area (Å²) in [5.41, 5.74) is 4.93. The van der Waals surface area contributed by atoms with Crippen LogP contribution in [0.1, 0.15) is 32.6 Å². The van der Waals surface area contributed by atoms with Crippen LogP contribution in [0.2, 0.25) is 0 Å². The summed E-state index contributed by atoms with van der Waals surface area (Å²) in [4.78, 5) is 10.4. The first-order valence-electron chi connectivity index (χ1n) is 5.10. The smallest absolute Gasteiger partial charge is 0.227 e. The SMILES string of the molecule is CCC(C#N)S(=O)(=O)NCCCCC(N)=O. The molecule has 0 aromatic rings. The Bertz CT molecular complexity index is 359.